The summed E-state index contributed by atoms with van der Waals surface area (Å²) in [5, 5.41) is 8.36. The average molecular weight is 224 g/mol. The summed E-state index contributed by atoms with van der Waals surface area (Å²) in [6.45, 7) is 3.98. The van der Waals surface area contributed by atoms with Gasteiger partial charge in [0.25, 0.3) is 0 Å². The number of hydrogen-bond acceptors (Lipinski definition) is 3. The largest absolute Gasteiger partial charge is 0.522 e. The summed E-state index contributed by atoms with van der Waals surface area (Å²) in [4.78, 5) is 1.77. The lowest BCUT2D eigenvalue weighted by molar-refractivity contribution is -0.325. The number of rotatable bonds is 6. The summed E-state index contributed by atoms with van der Waals surface area (Å²) < 4.78 is 38.7. The molecular weight excluding hydrogens is 209 g/mol. The highest BCUT2D eigenvalue weighted by atomic mass is 19.4. The third-order valence-electron chi connectivity index (χ3n) is 1.89. The highest BCUT2D eigenvalue weighted by molar-refractivity contribution is 4.73. The molecule has 0 aromatic carbocycles. The Morgan fingerprint density at radius 3 is 2.33 bits per heavy atom. The fourth-order valence-electron chi connectivity index (χ4n) is 1.10. The Bertz CT molecular complexity index is 210. The zero-order valence-corrected chi connectivity index (χ0v) is 8.84. The van der Waals surface area contributed by atoms with E-state index in [0.29, 0.717) is 13.0 Å². The van der Waals surface area contributed by atoms with Gasteiger partial charge < -0.3 is 0 Å². The van der Waals surface area contributed by atoms with E-state index in [1.807, 2.05) is 19.9 Å². The highest BCUT2D eigenvalue weighted by Crippen LogP contribution is 2.15. The lowest BCUT2D eigenvalue weighted by Crippen LogP contribution is -2.35. The molecule has 0 radical (unpaired) electrons. The monoisotopic (exact) mass is 224 g/mol. The second-order valence-electron chi connectivity index (χ2n) is 3.33. The standard InChI is InChI=1S/C9H15F3N2O/c1-8(2)14(5-3-4-13)6-7-15-9(10,11)12/h8H,3,5-7H2,1-2H3. The molecule has 0 atom stereocenters. The molecule has 6 heteroatoms. The third-order valence-corrected chi connectivity index (χ3v) is 1.89. The second-order valence-corrected chi connectivity index (χ2v) is 3.33. The summed E-state index contributed by atoms with van der Waals surface area (Å²) in [7, 11) is 0. The van der Waals surface area contributed by atoms with Crippen molar-refractivity contribution in [2.24, 2.45) is 0 Å². The first-order valence-corrected chi connectivity index (χ1v) is 4.68. The maximum atomic E-state index is 11.7. The van der Waals surface area contributed by atoms with Crippen molar-refractivity contribution in [3.8, 4) is 6.07 Å². The van der Waals surface area contributed by atoms with Crippen molar-refractivity contribution in [2.75, 3.05) is 19.7 Å². The van der Waals surface area contributed by atoms with Gasteiger partial charge in [-0.05, 0) is 13.8 Å². The Labute approximate surface area is 87.4 Å². The normalized spacial score (nSPS) is 12.1. The topological polar surface area (TPSA) is 36.3 Å². The van der Waals surface area contributed by atoms with Gasteiger partial charge in [0.15, 0.2) is 0 Å². The van der Waals surface area contributed by atoms with E-state index in [2.05, 4.69) is 4.74 Å². The molecule has 0 unspecified atom stereocenters. The molecule has 0 spiro atoms. The van der Waals surface area contributed by atoms with E-state index in [1.165, 1.54) is 0 Å². The van der Waals surface area contributed by atoms with Crippen molar-refractivity contribution in [3.05, 3.63) is 0 Å². The molecule has 0 heterocycles. The molecule has 0 bridgehead atoms. The smallest absolute Gasteiger partial charge is 0.298 e. The van der Waals surface area contributed by atoms with Crippen LogP contribution in [-0.4, -0.2) is 37.0 Å². The van der Waals surface area contributed by atoms with Crippen LogP contribution >= 0.6 is 0 Å². The number of alkyl halides is 3. The van der Waals surface area contributed by atoms with E-state index in [0.717, 1.165) is 0 Å². The molecule has 0 saturated heterocycles. The van der Waals surface area contributed by atoms with Crippen LogP contribution in [0.3, 0.4) is 0 Å². The van der Waals surface area contributed by atoms with E-state index < -0.39 is 13.0 Å². The molecular formula is C9H15F3N2O. The average Bonchev–Trinajstić information content (AvgIpc) is 2.08. The van der Waals surface area contributed by atoms with Crippen LogP contribution in [0.5, 0.6) is 0 Å². The number of halogens is 3. The summed E-state index contributed by atoms with van der Waals surface area (Å²) in [5.74, 6) is 0. The van der Waals surface area contributed by atoms with Gasteiger partial charge in [-0.1, -0.05) is 0 Å². The number of nitriles is 1. The minimum atomic E-state index is -4.57. The van der Waals surface area contributed by atoms with Crippen molar-refractivity contribution in [2.45, 2.75) is 32.7 Å². The maximum absolute atomic E-state index is 11.7. The molecule has 0 amide bonds. The first-order valence-electron chi connectivity index (χ1n) is 4.68. The van der Waals surface area contributed by atoms with Crippen LogP contribution in [0.1, 0.15) is 20.3 Å². The van der Waals surface area contributed by atoms with E-state index in [1.54, 1.807) is 4.90 Å². The van der Waals surface area contributed by atoms with Crippen LogP contribution in [-0.2, 0) is 4.74 Å². The first-order chi connectivity index (χ1) is 6.87. The molecule has 0 aromatic rings. The lowest BCUT2D eigenvalue weighted by atomic mass is 10.3. The summed E-state index contributed by atoms with van der Waals surface area (Å²) >= 11 is 0. The molecule has 0 N–H and O–H groups in total. The molecule has 0 aliphatic carbocycles. The Balaban J connectivity index is 3.82. The van der Waals surface area contributed by atoms with Crippen molar-refractivity contribution >= 4 is 0 Å². The second kappa shape index (κ2) is 6.64. The van der Waals surface area contributed by atoms with E-state index in [9.17, 15) is 13.2 Å². The van der Waals surface area contributed by atoms with Gasteiger partial charge in [-0.3, -0.25) is 9.64 Å². The Morgan fingerprint density at radius 2 is 1.93 bits per heavy atom. The fourth-order valence-corrected chi connectivity index (χ4v) is 1.10. The minimum Gasteiger partial charge on any atom is -0.298 e. The van der Waals surface area contributed by atoms with E-state index in [4.69, 9.17) is 5.26 Å². The first kappa shape index (κ1) is 14.2. The number of nitrogens with zero attached hydrogens (tertiary/aromatic N) is 2. The van der Waals surface area contributed by atoms with Crippen molar-refractivity contribution in [3.63, 3.8) is 0 Å². The number of ether oxygens (including phenoxy) is 1. The van der Waals surface area contributed by atoms with Gasteiger partial charge in [0.1, 0.15) is 0 Å². The van der Waals surface area contributed by atoms with Crippen LogP contribution < -0.4 is 0 Å². The Morgan fingerprint density at radius 1 is 1.33 bits per heavy atom. The summed E-state index contributed by atoms with van der Waals surface area (Å²) in [5.41, 5.74) is 0. The predicted octanol–water partition coefficient (Wildman–Crippen LogP) is 2.15. The van der Waals surface area contributed by atoms with Gasteiger partial charge in [-0.25, -0.2) is 0 Å². The molecule has 15 heavy (non-hydrogen) atoms. The predicted molar refractivity (Wildman–Crippen MR) is 48.9 cm³/mol. The molecule has 88 valence electrons. The minimum absolute atomic E-state index is 0.107. The molecule has 0 aliphatic rings. The van der Waals surface area contributed by atoms with Crippen LogP contribution in [0.2, 0.25) is 0 Å². The van der Waals surface area contributed by atoms with Gasteiger partial charge in [-0.2, -0.15) is 5.26 Å². The Kier molecular flexibility index (Phi) is 6.29. The van der Waals surface area contributed by atoms with Gasteiger partial charge in [-0.15, -0.1) is 13.2 Å². The van der Waals surface area contributed by atoms with E-state index >= 15 is 0 Å². The van der Waals surface area contributed by atoms with Gasteiger partial charge in [0, 0.05) is 25.6 Å². The van der Waals surface area contributed by atoms with Gasteiger partial charge in [0.2, 0.25) is 0 Å². The number of hydrogen-bond donors (Lipinski definition) is 0. The van der Waals surface area contributed by atoms with Gasteiger partial charge in [0.05, 0.1) is 12.7 Å². The lowest BCUT2D eigenvalue weighted by Gasteiger charge is -2.25. The molecule has 0 fully saturated rings. The van der Waals surface area contributed by atoms with Crippen LogP contribution in [0, 0.1) is 11.3 Å². The van der Waals surface area contributed by atoms with Crippen LogP contribution in [0.25, 0.3) is 0 Å². The van der Waals surface area contributed by atoms with Crippen molar-refractivity contribution < 1.29 is 17.9 Å². The highest BCUT2D eigenvalue weighted by Gasteiger charge is 2.29. The van der Waals surface area contributed by atoms with E-state index in [-0.39, 0.29) is 12.6 Å². The molecule has 0 saturated carbocycles. The van der Waals surface area contributed by atoms with Crippen molar-refractivity contribution in [1.29, 1.82) is 5.26 Å². The molecule has 0 aliphatic heterocycles. The van der Waals surface area contributed by atoms with Crippen LogP contribution in [0.4, 0.5) is 13.2 Å². The van der Waals surface area contributed by atoms with Gasteiger partial charge >= 0.3 is 6.36 Å². The summed E-state index contributed by atoms with van der Waals surface area (Å²) in [6.07, 6.45) is -4.26. The quantitative estimate of drug-likeness (QED) is 0.693. The van der Waals surface area contributed by atoms with Crippen LogP contribution in [0.15, 0.2) is 0 Å². The fraction of sp³-hybridized carbons (Fsp3) is 0.889. The zero-order valence-electron chi connectivity index (χ0n) is 8.84. The summed E-state index contributed by atoms with van der Waals surface area (Å²) in [6, 6.07) is 2.06. The molecule has 3 nitrogen and oxygen atoms in total. The van der Waals surface area contributed by atoms with Crippen molar-refractivity contribution in [1.82, 2.24) is 4.90 Å². The SMILES string of the molecule is CC(C)N(CCC#N)CCOC(F)(F)F. The Hall–Kier alpha value is -0.800. The molecule has 0 rings (SSSR count). The third kappa shape index (κ3) is 8.21. The maximum Gasteiger partial charge on any atom is 0.522 e. The molecule has 0 aromatic heterocycles. The zero-order chi connectivity index (χ0) is 11.9.